The molecular weight excluding hydrogens is 734 g/mol. The summed E-state index contributed by atoms with van der Waals surface area (Å²) < 4.78 is 20.9. The molecule has 0 bridgehead atoms. The molecule has 6 rings (SSSR count). The van der Waals surface area contributed by atoms with E-state index in [1.807, 2.05) is 6.07 Å². The SMILES string of the molecule is C=CC(Cn1cnc(C=CC(O)(Cn2cncn2)c2ccc(Oc3ccc(Cl)cc3)cc2Cl)n1)(OC)c1ccc(Oc2ccc(Cl)cc2)cc1Cl. The van der Waals surface area contributed by atoms with Crippen LogP contribution in [0.2, 0.25) is 20.1 Å². The van der Waals surface area contributed by atoms with Crippen LogP contribution in [-0.2, 0) is 29.0 Å². The summed E-state index contributed by atoms with van der Waals surface area (Å²) in [5, 5.41) is 22.7. The summed E-state index contributed by atoms with van der Waals surface area (Å²) in [5.41, 5.74) is -1.66. The van der Waals surface area contributed by atoms with Gasteiger partial charge in [0.1, 0.15) is 53.2 Å². The van der Waals surface area contributed by atoms with Crippen LogP contribution in [0.3, 0.4) is 0 Å². The second-order valence-corrected chi connectivity index (χ2v) is 13.0. The fourth-order valence-corrected chi connectivity index (χ4v) is 6.23. The van der Waals surface area contributed by atoms with Crippen molar-refractivity contribution in [3.05, 3.63) is 160 Å². The average molecular weight is 764 g/mol. The second kappa shape index (κ2) is 15.7. The molecule has 0 aliphatic heterocycles. The fraction of sp³-hybridized carbons (Fsp3) is 0.135. The fourth-order valence-electron chi connectivity index (χ4n) is 5.31. The Hall–Kier alpha value is -4.68. The van der Waals surface area contributed by atoms with E-state index in [1.54, 1.807) is 115 Å². The van der Waals surface area contributed by atoms with Gasteiger partial charge in [0.15, 0.2) is 5.82 Å². The molecule has 0 radical (unpaired) electrons. The van der Waals surface area contributed by atoms with E-state index >= 15 is 0 Å². The van der Waals surface area contributed by atoms with Crippen molar-refractivity contribution in [1.82, 2.24) is 29.5 Å². The van der Waals surface area contributed by atoms with Crippen molar-refractivity contribution in [1.29, 1.82) is 0 Å². The van der Waals surface area contributed by atoms with Crippen molar-refractivity contribution < 1.29 is 19.3 Å². The van der Waals surface area contributed by atoms with Gasteiger partial charge in [0.2, 0.25) is 0 Å². The van der Waals surface area contributed by atoms with Crippen LogP contribution in [0.25, 0.3) is 6.08 Å². The average Bonchev–Trinajstić information content (AvgIpc) is 3.81. The number of halogens is 4. The zero-order valence-corrected chi connectivity index (χ0v) is 30.1. The van der Waals surface area contributed by atoms with Crippen LogP contribution in [0.4, 0.5) is 0 Å². The summed E-state index contributed by atoms with van der Waals surface area (Å²) in [6.45, 7) is 4.22. The lowest BCUT2D eigenvalue weighted by Crippen LogP contribution is -2.32. The Labute approximate surface area is 314 Å². The molecule has 14 heteroatoms. The van der Waals surface area contributed by atoms with Gasteiger partial charge >= 0.3 is 0 Å². The van der Waals surface area contributed by atoms with Crippen LogP contribution >= 0.6 is 46.4 Å². The maximum atomic E-state index is 12.0. The summed E-state index contributed by atoms with van der Waals surface area (Å²) in [6, 6.07) is 24.3. The molecule has 4 aromatic carbocycles. The summed E-state index contributed by atoms with van der Waals surface area (Å²) in [6.07, 6.45) is 9.24. The Balaban J connectivity index is 1.22. The highest BCUT2D eigenvalue weighted by Crippen LogP contribution is 2.38. The summed E-state index contributed by atoms with van der Waals surface area (Å²) >= 11 is 25.5. The molecule has 0 aliphatic carbocycles. The van der Waals surface area contributed by atoms with E-state index in [0.717, 1.165) is 0 Å². The highest BCUT2D eigenvalue weighted by Gasteiger charge is 2.33. The first-order valence-corrected chi connectivity index (χ1v) is 16.9. The van der Waals surface area contributed by atoms with Crippen LogP contribution < -0.4 is 9.47 Å². The molecule has 0 spiro atoms. The van der Waals surface area contributed by atoms with Gasteiger partial charge in [0.25, 0.3) is 0 Å². The molecule has 10 nitrogen and oxygen atoms in total. The topological polar surface area (TPSA) is 109 Å². The Kier molecular flexibility index (Phi) is 11.1. The number of rotatable bonds is 14. The minimum atomic E-state index is -1.64. The van der Waals surface area contributed by atoms with Gasteiger partial charge in [-0.2, -0.15) is 10.2 Å². The van der Waals surface area contributed by atoms with E-state index < -0.39 is 11.2 Å². The predicted molar refractivity (Wildman–Crippen MR) is 198 cm³/mol. The number of benzene rings is 4. The van der Waals surface area contributed by atoms with E-state index in [4.69, 9.17) is 60.6 Å². The van der Waals surface area contributed by atoms with Crippen LogP contribution in [0.15, 0.2) is 123 Å². The molecular formula is C37H30Cl4N6O4. The molecule has 6 aromatic rings. The van der Waals surface area contributed by atoms with Crippen LogP contribution in [0.5, 0.6) is 23.0 Å². The summed E-state index contributed by atoms with van der Waals surface area (Å²) in [4.78, 5) is 8.44. The van der Waals surface area contributed by atoms with Crippen LogP contribution in [0.1, 0.15) is 17.0 Å². The standard InChI is InChI=1S/C37H30Cl4N6O4/c1-3-37(49-2,32-15-13-30(19-34(32)41)51-28-10-6-26(39)7-11-28)21-47-24-43-35(45-47)16-17-36(48,20-46-23-42-22-44-46)31-14-12-29(18-33(31)40)50-27-8-4-25(38)5-9-27/h3-19,22-24,48H,1,20-21H2,2H3. The quantitative estimate of drug-likeness (QED) is 0.109. The first kappa shape index (κ1) is 36.1. The van der Waals surface area contributed by atoms with Crippen molar-refractivity contribution >= 4 is 52.5 Å². The first-order valence-electron chi connectivity index (χ1n) is 15.4. The highest BCUT2D eigenvalue weighted by atomic mass is 35.5. The minimum Gasteiger partial charge on any atom is -0.457 e. The van der Waals surface area contributed by atoms with Crippen molar-refractivity contribution in [3.8, 4) is 23.0 Å². The summed E-state index contributed by atoms with van der Waals surface area (Å²) in [7, 11) is 1.56. The van der Waals surface area contributed by atoms with Gasteiger partial charge in [-0.1, -0.05) is 71.2 Å². The first-order chi connectivity index (χ1) is 24.6. The lowest BCUT2D eigenvalue weighted by Gasteiger charge is -2.30. The van der Waals surface area contributed by atoms with E-state index in [1.165, 1.54) is 17.3 Å². The predicted octanol–water partition coefficient (Wildman–Crippen LogP) is 9.40. The van der Waals surface area contributed by atoms with E-state index in [0.29, 0.717) is 55.0 Å². The van der Waals surface area contributed by atoms with Crippen LogP contribution in [-0.4, -0.2) is 41.7 Å². The molecule has 0 saturated carbocycles. The molecule has 0 aliphatic rings. The maximum Gasteiger partial charge on any atom is 0.173 e. The number of aliphatic hydroxyl groups is 1. The summed E-state index contributed by atoms with van der Waals surface area (Å²) in [5.74, 6) is 2.53. The number of hydrogen-bond acceptors (Lipinski definition) is 8. The van der Waals surface area contributed by atoms with Crippen molar-refractivity contribution in [2.45, 2.75) is 24.3 Å². The van der Waals surface area contributed by atoms with Gasteiger partial charge in [-0.15, -0.1) is 0 Å². The van der Waals surface area contributed by atoms with Gasteiger partial charge in [-0.25, -0.2) is 19.3 Å². The molecule has 2 aromatic heterocycles. The Bertz CT molecular complexity index is 2140. The zero-order valence-electron chi connectivity index (χ0n) is 27.0. The number of hydrogen-bond donors (Lipinski definition) is 1. The number of ether oxygens (including phenoxy) is 3. The highest BCUT2D eigenvalue weighted by molar-refractivity contribution is 6.32. The third-order valence-electron chi connectivity index (χ3n) is 7.92. The van der Waals surface area contributed by atoms with Gasteiger partial charge in [0, 0.05) is 28.3 Å². The van der Waals surface area contributed by atoms with Crippen molar-refractivity contribution in [3.63, 3.8) is 0 Å². The molecule has 0 amide bonds. The molecule has 260 valence electrons. The van der Waals surface area contributed by atoms with Crippen molar-refractivity contribution in [2.75, 3.05) is 7.11 Å². The molecule has 51 heavy (non-hydrogen) atoms. The van der Waals surface area contributed by atoms with Gasteiger partial charge in [0.05, 0.1) is 23.1 Å². The van der Waals surface area contributed by atoms with Gasteiger partial charge < -0.3 is 19.3 Å². The third kappa shape index (κ3) is 8.62. The molecule has 2 atom stereocenters. The normalized spacial score (nSPS) is 13.8. The minimum absolute atomic E-state index is 0.000788. The molecule has 0 saturated heterocycles. The zero-order chi connectivity index (χ0) is 36.0. The van der Waals surface area contributed by atoms with E-state index in [-0.39, 0.29) is 18.1 Å². The maximum absolute atomic E-state index is 12.0. The third-order valence-corrected chi connectivity index (χ3v) is 9.05. The lowest BCUT2D eigenvalue weighted by molar-refractivity contribution is 0.0113. The van der Waals surface area contributed by atoms with E-state index in [2.05, 4.69) is 26.7 Å². The second-order valence-electron chi connectivity index (χ2n) is 11.3. The van der Waals surface area contributed by atoms with Gasteiger partial charge in [-0.05, 0) is 84.9 Å². The number of nitrogens with zero attached hydrogens (tertiary/aromatic N) is 6. The van der Waals surface area contributed by atoms with Gasteiger partial charge in [-0.3, -0.25) is 0 Å². The Morgan fingerprint density at radius 2 is 1.31 bits per heavy atom. The Morgan fingerprint density at radius 3 is 1.82 bits per heavy atom. The molecule has 0 fully saturated rings. The van der Waals surface area contributed by atoms with E-state index in [9.17, 15) is 5.11 Å². The van der Waals surface area contributed by atoms with Crippen LogP contribution in [0, 0.1) is 0 Å². The molecule has 2 heterocycles. The monoisotopic (exact) mass is 762 g/mol. The largest absolute Gasteiger partial charge is 0.457 e. The number of aromatic nitrogens is 6. The Morgan fingerprint density at radius 1 is 0.745 bits per heavy atom. The smallest absolute Gasteiger partial charge is 0.173 e. The molecule has 2 unspecified atom stereocenters. The van der Waals surface area contributed by atoms with Crippen molar-refractivity contribution in [2.24, 2.45) is 0 Å². The lowest BCUT2D eigenvalue weighted by atomic mass is 9.92. The molecule has 1 N–H and O–H groups in total. The number of methoxy groups -OCH3 is 1.